The van der Waals surface area contributed by atoms with E-state index in [4.69, 9.17) is 14.6 Å². The van der Waals surface area contributed by atoms with Gasteiger partial charge in [0.05, 0.1) is 19.8 Å². The lowest BCUT2D eigenvalue weighted by atomic mass is 10.1. The van der Waals surface area contributed by atoms with Gasteiger partial charge in [-0.25, -0.2) is 13.6 Å². The number of nitrogens with one attached hydrogen (secondary N) is 1. The SMILES string of the molecule is COc1ccc(C(=O)NC(CC(F)F)C(=O)O)c(OC)c1. The molecule has 0 aliphatic heterocycles. The van der Waals surface area contributed by atoms with Crippen LogP contribution in [0.3, 0.4) is 0 Å². The van der Waals surface area contributed by atoms with Gasteiger partial charge in [0, 0.05) is 12.5 Å². The molecule has 0 saturated heterocycles. The minimum atomic E-state index is -2.84. The molecule has 116 valence electrons. The quantitative estimate of drug-likeness (QED) is 0.798. The summed E-state index contributed by atoms with van der Waals surface area (Å²) in [6, 6.07) is 2.58. The van der Waals surface area contributed by atoms with Crippen LogP contribution < -0.4 is 14.8 Å². The molecule has 1 rings (SSSR count). The molecule has 1 aromatic carbocycles. The van der Waals surface area contributed by atoms with Gasteiger partial charge < -0.3 is 19.9 Å². The van der Waals surface area contributed by atoms with E-state index in [9.17, 15) is 18.4 Å². The lowest BCUT2D eigenvalue weighted by Crippen LogP contribution is -2.42. The highest BCUT2D eigenvalue weighted by Crippen LogP contribution is 2.24. The van der Waals surface area contributed by atoms with Gasteiger partial charge in [-0.15, -0.1) is 0 Å². The van der Waals surface area contributed by atoms with E-state index in [0.29, 0.717) is 5.75 Å². The van der Waals surface area contributed by atoms with Gasteiger partial charge in [0.15, 0.2) is 0 Å². The predicted octanol–water partition coefficient (Wildman–Crippen LogP) is 1.54. The maximum Gasteiger partial charge on any atom is 0.326 e. The van der Waals surface area contributed by atoms with E-state index in [2.05, 4.69) is 0 Å². The number of alkyl halides is 2. The Morgan fingerprint density at radius 2 is 1.95 bits per heavy atom. The molecule has 0 fully saturated rings. The summed E-state index contributed by atoms with van der Waals surface area (Å²) in [7, 11) is 2.75. The lowest BCUT2D eigenvalue weighted by molar-refractivity contribution is -0.140. The Morgan fingerprint density at radius 3 is 2.43 bits per heavy atom. The van der Waals surface area contributed by atoms with E-state index < -0.39 is 30.8 Å². The lowest BCUT2D eigenvalue weighted by Gasteiger charge is -2.15. The van der Waals surface area contributed by atoms with Crippen LogP contribution in [0.5, 0.6) is 11.5 Å². The monoisotopic (exact) mass is 303 g/mol. The van der Waals surface area contributed by atoms with Crippen LogP contribution in [0.1, 0.15) is 16.8 Å². The Hall–Kier alpha value is -2.38. The van der Waals surface area contributed by atoms with E-state index in [1.165, 1.54) is 32.4 Å². The number of carbonyl (C=O) groups is 2. The molecular formula is C13H15F2NO5. The number of aliphatic carboxylic acids is 1. The predicted molar refractivity (Wildman–Crippen MR) is 69.1 cm³/mol. The van der Waals surface area contributed by atoms with Crippen molar-refractivity contribution < 1.29 is 33.0 Å². The Labute approximate surface area is 119 Å². The number of methoxy groups -OCH3 is 2. The van der Waals surface area contributed by atoms with Crippen LogP contribution in [-0.2, 0) is 4.79 Å². The molecule has 1 amide bonds. The van der Waals surface area contributed by atoms with Gasteiger partial charge in [-0.05, 0) is 12.1 Å². The van der Waals surface area contributed by atoms with E-state index >= 15 is 0 Å². The number of carbonyl (C=O) groups excluding carboxylic acids is 1. The molecule has 1 aromatic rings. The molecule has 0 bridgehead atoms. The summed E-state index contributed by atoms with van der Waals surface area (Å²) < 4.78 is 34.5. The number of hydrogen-bond donors (Lipinski definition) is 2. The molecule has 1 atom stereocenters. The molecular weight excluding hydrogens is 288 g/mol. The molecule has 21 heavy (non-hydrogen) atoms. The molecule has 0 aliphatic carbocycles. The summed E-state index contributed by atoms with van der Waals surface area (Å²) >= 11 is 0. The third-order valence-electron chi connectivity index (χ3n) is 2.67. The summed E-state index contributed by atoms with van der Waals surface area (Å²) in [6.45, 7) is 0. The Kier molecular flexibility index (Phi) is 5.89. The summed E-state index contributed by atoms with van der Waals surface area (Å²) in [5.74, 6) is -1.77. The Morgan fingerprint density at radius 1 is 1.29 bits per heavy atom. The number of halogens is 2. The average molecular weight is 303 g/mol. The summed E-state index contributed by atoms with van der Waals surface area (Å²) in [5, 5.41) is 10.9. The average Bonchev–Trinajstić information content (AvgIpc) is 2.45. The first kappa shape index (κ1) is 16.7. The maximum absolute atomic E-state index is 12.3. The van der Waals surface area contributed by atoms with Crippen LogP contribution in [0.2, 0.25) is 0 Å². The molecule has 0 aromatic heterocycles. The Balaban J connectivity index is 2.94. The number of carboxylic acids is 1. The fraction of sp³-hybridized carbons (Fsp3) is 0.385. The van der Waals surface area contributed by atoms with Gasteiger partial charge >= 0.3 is 5.97 Å². The highest BCUT2D eigenvalue weighted by atomic mass is 19.3. The van der Waals surface area contributed by atoms with Crippen molar-refractivity contribution in [2.45, 2.75) is 18.9 Å². The second kappa shape index (κ2) is 7.41. The van der Waals surface area contributed by atoms with Crippen LogP contribution in [0, 0.1) is 0 Å². The van der Waals surface area contributed by atoms with E-state index in [0.717, 1.165) is 0 Å². The molecule has 0 aliphatic rings. The summed E-state index contributed by atoms with van der Waals surface area (Å²) in [4.78, 5) is 22.8. The molecule has 0 spiro atoms. The summed E-state index contributed by atoms with van der Waals surface area (Å²) in [6.07, 6.45) is -3.82. The van der Waals surface area contributed by atoms with Crippen molar-refractivity contribution in [3.63, 3.8) is 0 Å². The van der Waals surface area contributed by atoms with Crippen molar-refractivity contribution in [3.8, 4) is 11.5 Å². The van der Waals surface area contributed by atoms with Crippen molar-refractivity contribution in [1.29, 1.82) is 0 Å². The standard InChI is InChI=1S/C13H15F2NO5/c1-20-7-3-4-8(10(5-7)21-2)12(17)16-9(13(18)19)6-11(14)15/h3-5,9,11H,6H2,1-2H3,(H,16,17)(H,18,19). The van der Waals surface area contributed by atoms with Crippen molar-refractivity contribution in [3.05, 3.63) is 23.8 Å². The summed E-state index contributed by atoms with van der Waals surface area (Å²) in [5.41, 5.74) is 0.0267. The van der Waals surface area contributed by atoms with Crippen molar-refractivity contribution in [2.24, 2.45) is 0 Å². The second-order valence-corrected chi connectivity index (χ2v) is 4.06. The number of rotatable bonds is 7. The third-order valence-corrected chi connectivity index (χ3v) is 2.67. The molecule has 0 heterocycles. The van der Waals surface area contributed by atoms with Gasteiger partial charge in [0.2, 0.25) is 6.43 Å². The smallest absolute Gasteiger partial charge is 0.326 e. The van der Waals surface area contributed by atoms with Gasteiger partial charge in [-0.1, -0.05) is 0 Å². The van der Waals surface area contributed by atoms with Crippen molar-refractivity contribution in [2.75, 3.05) is 14.2 Å². The molecule has 2 N–H and O–H groups in total. The largest absolute Gasteiger partial charge is 0.497 e. The van der Waals surface area contributed by atoms with E-state index in [-0.39, 0.29) is 11.3 Å². The number of benzene rings is 1. The highest BCUT2D eigenvalue weighted by molar-refractivity contribution is 5.99. The van der Waals surface area contributed by atoms with Crippen LogP contribution in [0.4, 0.5) is 8.78 Å². The van der Waals surface area contributed by atoms with Crippen molar-refractivity contribution in [1.82, 2.24) is 5.32 Å². The molecule has 6 nitrogen and oxygen atoms in total. The van der Waals surface area contributed by atoms with Crippen LogP contribution in [0.15, 0.2) is 18.2 Å². The fourth-order valence-corrected chi connectivity index (χ4v) is 1.62. The number of hydrogen-bond acceptors (Lipinski definition) is 4. The topological polar surface area (TPSA) is 84.9 Å². The van der Waals surface area contributed by atoms with Crippen LogP contribution in [-0.4, -0.2) is 43.7 Å². The van der Waals surface area contributed by atoms with Crippen molar-refractivity contribution >= 4 is 11.9 Å². The van der Waals surface area contributed by atoms with Gasteiger partial charge in [0.25, 0.3) is 5.91 Å². The first-order valence-corrected chi connectivity index (χ1v) is 5.92. The highest BCUT2D eigenvalue weighted by Gasteiger charge is 2.25. The maximum atomic E-state index is 12.3. The molecule has 8 heteroatoms. The zero-order valence-electron chi connectivity index (χ0n) is 11.4. The number of amides is 1. The Bertz CT molecular complexity index is 521. The minimum Gasteiger partial charge on any atom is -0.497 e. The zero-order valence-corrected chi connectivity index (χ0v) is 11.4. The minimum absolute atomic E-state index is 0.0267. The van der Waals surface area contributed by atoms with Gasteiger partial charge in [-0.2, -0.15) is 0 Å². The molecule has 1 unspecified atom stereocenters. The zero-order chi connectivity index (χ0) is 16.0. The molecule has 0 radical (unpaired) electrons. The van der Waals surface area contributed by atoms with Gasteiger partial charge in [0.1, 0.15) is 17.5 Å². The number of ether oxygens (including phenoxy) is 2. The first-order chi connectivity index (χ1) is 9.88. The van der Waals surface area contributed by atoms with E-state index in [1.807, 2.05) is 5.32 Å². The second-order valence-electron chi connectivity index (χ2n) is 4.06. The van der Waals surface area contributed by atoms with Crippen LogP contribution >= 0.6 is 0 Å². The third kappa shape index (κ3) is 4.59. The normalized spacial score (nSPS) is 11.9. The molecule has 0 saturated carbocycles. The van der Waals surface area contributed by atoms with Crippen LogP contribution in [0.25, 0.3) is 0 Å². The van der Waals surface area contributed by atoms with E-state index in [1.54, 1.807) is 0 Å². The first-order valence-electron chi connectivity index (χ1n) is 5.92. The fourth-order valence-electron chi connectivity index (χ4n) is 1.62. The van der Waals surface area contributed by atoms with Gasteiger partial charge in [-0.3, -0.25) is 4.79 Å². The number of carboxylic acid groups (broad SMARTS) is 1.